The van der Waals surface area contributed by atoms with Crippen LogP contribution in [0.3, 0.4) is 0 Å². The van der Waals surface area contributed by atoms with Crippen molar-refractivity contribution in [3.05, 3.63) is 77.6 Å². The van der Waals surface area contributed by atoms with Crippen molar-refractivity contribution in [3.8, 4) is 23.2 Å². The van der Waals surface area contributed by atoms with Gasteiger partial charge in [0, 0.05) is 5.56 Å². The molecule has 0 amide bonds. The van der Waals surface area contributed by atoms with E-state index in [-0.39, 0.29) is 24.3 Å². The van der Waals surface area contributed by atoms with Gasteiger partial charge in [0.15, 0.2) is 5.52 Å². The van der Waals surface area contributed by atoms with E-state index in [1.54, 1.807) is 36.4 Å². The van der Waals surface area contributed by atoms with Crippen LogP contribution in [0.4, 0.5) is 10.3 Å². The van der Waals surface area contributed by atoms with Crippen LogP contribution < -0.4 is 10.5 Å². The van der Waals surface area contributed by atoms with Gasteiger partial charge < -0.3 is 10.5 Å². The molecule has 0 aliphatic rings. The van der Waals surface area contributed by atoms with Gasteiger partial charge in [-0.05, 0) is 54.1 Å². The monoisotopic (exact) mass is 371 g/mol. The topological polar surface area (TPSA) is 97.7 Å². The lowest BCUT2D eigenvalue weighted by atomic mass is 10.1. The number of ether oxygens (including phenoxy) is 1. The number of nitrogens with zero attached hydrogens (tertiary/aromatic N) is 4. The van der Waals surface area contributed by atoms with Crippen molar-refractivity contribution < 1.29 is 9.13 Å². The number of nitriles is 1. The second-order valence-corrected chi connectivity index (χ2v) is 6.06. The van der Waals surface area contributed by atoms with Crippen molar-refractivity contribution >= 4 is 17.0 Å². The second-order valence-electron chi connectivity index (χ2n) is 6.06. The Bertz CT molecular complexity index is 1180. The van der Waals surface area contributed by atoms with Crippen LogP contribution in [0.2, 0.25) is 0 Å². The highest BCUT2D eigenvalue weighted by molar-refractivity contribution is 5.83. The maximum absolute atomic E-state index is 13.2. The van der Waals surface area contributed by atoms with E-state index in [1.165, 1.54) is 12.1 Å². The first-order chi connectivity index (χ1) is 13.6. The molecule has 2 N–H and O–H groups in total. The fraction of sp³-hybridized carbons (Fsp3) is 0.0476. The molecule has 0 saturated heterocycles. The van der Waals surface area contributed by atoms with Crippen molar-refractivity contribution in [1.29, 1.82) is 5.26 Å². The predicted octanol–water partition coefficient (Wildman–Crippen LogP) is 3.86. The fourth-order valence-corrected chi connectivity index (χ4v) is 2.71. The molecule has 0 aliphatic carbocycles. The van der Waals surface area contributed by atoms with Crippen LogP contribution in [0, 0.1) is 17.1 Å². The van der Waals surface area contributed by atoms with E-state index >= 15 is 0 Å². The zero-order valence-electron chi connectivity index (χ0n) is 14.6. The summed E-state index contributed by atoms with van der Waals surface area (Å²) in [6, 6.07) is 18.7. The minimum Gasteiger partial charge on any atom is -0.471 e. The molecule has 0 radical (unpaired) electrons. The van der Waals surface area contributed by atoms with E-state index in [0.29, 0.717) is 22.3 Å². The molecule has 136 valence electrons. The summed E-state index contributed by atoms with van der Waals surface area (Å²) >= 11 is 0. The summed E-state index contributed by atoms with van der Waals surface area (Å²) in [7, 11) is 0. The lowest BCUT2D eigenvalue weighted by Crippen LogP contribution is -2.03. The van der Waals surface area contributed by atoms with E-state index in [4.69, 9.17) is 15.7 Å². The summed E-state index contributed by atoms with van der Waals surface area (Å²) in [4.78, 5) is 12.9. The highest BCUT2D eigenvalue weighted by Gasteiger charge is 2.12. The van der Waals surface area contributed by atoms with Crippen molar-refractivity contribution in [2.75, 3.05) is 5.73 Å². The molecule has 0 aliphatic heterocycles. The summed E-state index contributed by atoms with van der Waals surface area (Å²) in [5, 5.41) is 8.88. The molecular formula is C21H14FN5O. The van der Waals surface area contributed by atoms with Crippen LogP contribution in [0.15, 0.2) is 60.7 Å². The lowest BCUT2D eigenvalue weighted by molar-refractivity contribution is 0.297. The maximum Gasteiger partial charge on any atom is 0.245 e. The van der Waals surface area contributed by atoms with Gasteiger partial charge >= 0.3 is 0 Å². The van der Waals surface area contributed by atoms with Gasteiger partial charge in [-0.25, -0.2) is 14.4 Å². The zero-order chi connectivity index (χ0) is 19.5. The molecule has 2 aromatic heterocycles. The minimum absolute atomic E-state index is 0.0821. The van der Waals surface area contributed by atoms with Crippen LogP contribution in [-0.4, -0.2) is 15.0 Å². The van der Waals surface area contributed by atoms with E-state index in [9.17, 15) is 4.39 Å². The van der Waals surface area contributed by atoms with Gasteiger partial charge in [-0.15, -0.1) is 0 Å². The molecule has 2 aromatic carbocycles. The Kier molecular flexibility index (Phi) is 4.52. The summed E-state index contributed by atoms with van der Waals surface area (Å²) in [5.41, 5.74) is 9.66. The number of nitrogen functional groups attached to an aromatic ring is 1. The molecule has 0 spiro atoms. The van der Waals surface area contributed by atoms with Crippen LogP contribution in [-0.2, 0) is 6.61 Å². The van der Waals surface area contributed by atoms with E-state index in [0.717, 1.165) is 11.1 Å². The third kappa shape index (κ3) is 3.57. The number of rotatable bonds is 4. The lowest BCUT2D eigenvalue weighted by Gasteiger charge is -2.10. The Hall–Kier alpha value is -4.05. The largest absolute Gasteiger partial charge is 0.471 e. The number of aromatic nitrogens is 3. The van der Waals surface area contributed by atoms with Crippen LogP contribution in [0.5, 0.6) is 5.88 Å². The average Bonchev–Trinajstić information content (AvgIpc) is 2.72. The number of halogens is 1. The number of hydrogen-bond acceptors (Lipinski definition) is 6. The smallest absolute Gasteiger partial charge is 0.245 e. The standard InChI is InChI=1S/C21H14FN5O/c22-16-7-5-15(6-8-16)17-9-10-18-19(25-17)20(27-21(24)26-18)28-12-14-3-1-13(11-23)2-4-14/h1-10H,12H2,(H2,24,26,27). The maximum atomic E-state index is 13.2. The van der Waals surface area contributed by atoms with Crippen molar-refractivity contribution in [1.82, 2.24) is 15.0 Å². The molecule has 7 heteroatoms. The average molecular weight is 371 g/mol. The Morgan fingerprint density at radius 3 is 2.39 bits per heavy atom. The third-order valence-corrected chi connectivity index (χ3v) is 4.13. The number of hydrogen-bond donors (Lipinski definition) is 1. The van der Waals surface area contributed by atoms with Crippen molar-refractivity contribution in [3.63, 3.8) is 0 Å². The van der Waals surface area contributed by atoms with Crippen LogP contribution in [0.25, 0.3) is 22.3 Å². The van der Waals surface area contributed by atoms with Gasteiger partial charge in [-0.2, -0.15) is 10.2 Å². The Labute approximate surface area is 160 Å². The molecule has 6 nitrogen and oxygen atoms in total. The number of nitrogens with two attached hydrogens (primary N) is 1. The zero-order valence-corrected chi connectivity index (χ0v) is 14.6. The Balaban J connectivity index is 1.68. The molecule has 4 aromatic rings. The van der Waals surface area contributed by atoms with Gasteiger partial charge in [0.25, 0.3) is 0 Å². The minimum atomic E-state index is -0.313. The van der Waals surface area contributed by atoms with Gasteiger partial charge in [-0.1, -0.05) is 12.1 Å². The van der Waals surface area contributed by atoms with Crippen LogP contribution in [0.1, 0.15) is 11.1 Å². The number of fused-ring (bicyclic) bond motifs is 1. The van der Waals surface area contributed by atoms with Crippen LogP contribution >= 0.6 is 0 Å². The van der Waals surface area contributed by atoms with Gasteiger partial charge in [0.2, 0.25) is 11.8 Å². The van der Waals surface area contributed by atoms with Crippen molar-refractivity contribution in [2.45, 2.75) is 6.61 Å². The molecule has 0 unspecified atom stereocenters. The van der Waals surface area contributed by atoms with Gasteiger partial charge in [0.05, 0.1) is 22.8 Å². The van der Waals surface area contributed by atoms with E-state index in [2.05, 4.69) is 21.0 Å². The quantitative estimate of drug-likeness (QED) is 0.585. The molecule has 2 heterocycles. The highest BCUT2D eigenvalue weighted by atomic mass is 19.1. The Morgan fingerprint density at radius 1 is 0.929 bits per heavy atom. The summed E-state index contributed by atoms with van der Waals surface area (Å²) in [6.45, 7) is 0.236. The summed E-state index contributed by atoms with van der Waals surface area (Å²) < 4.78 is 19.0. The molecule has 4 rings (SSSR count). The Morgan fingerprint density at radius 2 is 1.68 bits per heavy atom. The molecule has 28 heavy (non-hydrogen) atoms. The van der Waals surface area contributed by atoms with E-state index in [1.807, 2.05) is 12.1 Å². The van der Waals surface area contributed by atoms with Gasteiger partial charge in [0.1, 0.15) is 12.4 Å². The molecule has 0 saturated carbocycles. The predicted molar refractivity (Wildman–Crippen MR) is 103 cm³/mol. The second kappa shape index (κ2) is 7.29. The number of pyridine rings is 1. The highest BCUT2D eigenvalue weighted by Crippen LogP contribution is 2.26. The molecule has 0 fully saturated rings. The first kappa shape index (κ1) is 17.4. The summed E-state index contributed by atoms with van der Waals surface area (Å²) in [6.07, 6.45) is 0. The fourth-order valence-electron chi connectivity index (χ4n) is 2.71. The van der Waals surface area contributed by atoms with Crippen molar-refractivity contribution in [2.24, 2.45) is 0 Å². The molecular weight excluding hydrogens is 357 g/mol. The molecule has 0 atom stereocenters. The number of benzene rings is 2. The third-order valence-electron chi connectivity index (χ3n) is 4.13. The SMILES string of the molecule is N#Cc1ccc(COc2nc(N)nc3ccc(-c4ccc(F)cc4)nc23)cc1. The first-order valence-electron chi connectivity index (χ1n) is 8.44. The molecule has 0 bridgehead atoms. The normalized spacial score (nSPS) is 10.6. The first-order valence-corrected chi connectivity index (χ1v) is 8.44. The van der Waals surface area contributed by atoms with Gasteiger partial charge in [-0.3, -0.25) is 0 Å². The van der Waals surface area contributed by atoms with E-state index < -0.39 is 0 Å². The summed E-state index contributed by atoms with van der Waals surface area (Å²) in [5.74, 6) is 0.0292. The number of anilines is 1.